The van der Waals surface area contributed by atoms with Crippen molar-refractivity contribution in [3.63, 3.8) is 0 Å². The molecule has 0 unspecified atom stereocenters. The van der Waals surface area contributed by atoms with Crippen LogP contribution in [0.1, 0.15) is 0 Å². The molecule has 0 atom stereocenters. The summed E-state index contributed by atoms with van der Waals surface area (Å²) in [6.07, 6.45) is 0. The van der Waals surface area contributed by atoms with Crippen molar-refractivity contribution in [3.8, 4) is 11.8 Å². The van der Waals surface area contributed by atoms with Gasteiger partial charge in [-0.25, -0.2) is 4.39 Å². The number of benzene rings is 1. The Morgan fingerprint density at radius 2 is 2.07 bits per heavy atom. The summed E-state index contributed by atoms with van der Waals surface area (Å²) >= 11 is 0. The molecular formula is C11H13FN2O. The van der Waals surface area contributed by atoms with Gasteiger partial charge >= 0.3 is 0 Å². The number of hydrogen-bond acceptors (Lipinski definition) is 3. The highest BCUT2D eigenvalue weighted by molar-refractivity contribution is 5.21. The zero-order chi connectivity index (χ0) is 11.1. The van der Waals surface area contributed by atoms with E-state index in [4.69, 9.17) is 10.00 Å². The summed E-state index contributed by atoms with van der Waals surface area (Å²) in [4.78, 5) is 1.85. The van der Waals surface area contributed by atoms with Gasteiger partial charge in [0.15, 0.2) is 0 Å². The van der Waals surface area contributed by atoms with Crippen LogP contribution in [0, 0.1) is 17.1 Å². The summed E-state index contributed by atoms with van der Waals surface area (Å²) in [6.45, 7) is 1.54. The predicted octanol–water partition coefficient (Wildman–Crippen LogP) is 1.66. The van der Waals surface area contributed by atoms with Crippen LogP contribution in [0.4, 0.5) is 4.39 Å². The molecule has 0 fully saturated rings. The molecule has 1 rings (SSSR count). The van der Waals surface area contributed by atoms with Crippen LogP contribution in [0.3, 0.4) is 0 Å². The van der Waals surface area contributed by atoms with E-state index in [0.29, 0.717) is 25.4 Å². The summed E-state index contributed by atoms with van der Waals surface area (Å²) in [6, 6.07) is 7.92. The van der Waals surface area contributed by atoms with Gasteiger partial charge in [-0.3, -0.25) is 4.90 Å². The van der Waals surface area contributed by atoms with E-state index in [2.05, 4.69) is 0 Å². The van der Waals surface area contributed by atoms with Crippen LogP contribution >= 0.6 is 0 Å². The van der Waals surface area contributed by atoms with Gasteiger partial charge in [-0.2, -0.15) is 5.26 Å². The van der Waals surface area contributed by atoms with Crippen molar-refractivity contribution in [2.24, 2.45) is 0 Å². The van der Waals surface area contributed by atoms with Crippen LogP contribution in [-0.2, 0) is 0 Å². The Kier molecular flexibility index (Phi) is 4.58. The third-order valence-corrected chi connectivity index (χ3v) is 1.90. The van der Waals surface area contributed by atoms with Crippen molar-refractivity contribution in [3.05, 3.63) is 30.1 Å². The van der Waals surface area contributed by atoms with E-state index in [0.717, 1.165) is 0 Å². The fraction of sp³-hybridized carbons (Fsp3) is 0.364. The average Bonchev–Trinajstić information content (AvgIpc) is 2.21. The summed E-state index contributed by atoms with van der Waals surface area (Å²) in [5, 5.41) is 8.41. The first-order chi connectivity index (χ1) is 7.22. The minimum Gasteiger partial charge on any atom is -0.492 e. The van der Waals surface area contributed by atoms with Crippen LogP contribution < -0.4 is 4.74 Å². The molecule has 3 nitrogen and oxygen atoms in total. The Hall–Kier alpha value is -1.60. The average molecular weight is 208 g/mol. The third kappa shape index (κ3) is 4.43. The first-order valence-electron chi connectivity index (χ1n) is 4.66. The quantitative estimate of drug-likeness (QED) is 0.690. The SMILES string of the molecule is CN(CC#N)CCOc1ccc(F)cc1. The Labute approximate surface area is 88.7 Å². The molecule has 0 spiro atoms. The van der Waals surface area contributed by atoms with Crippen molar-refractivity contribution in [2.45, 2.75) is 0 Å². The lowest BCUT2D eigenvalue weighted by Crippen LogP contribution is -2.24. The molecule has 0 heterocycles. The first-order valence-corrected chi connectivity index (χ1v) is 4.66. The highest BCUT2D eigenvalue weighted by Gasteiger charge is 1.98. The van der Waals surface area contributed by atoms with E-state index in [-0.39, 0.29) is 5.82 Å². The second-order valence-electron chi connectivity index (χ2n) is 3.20. The number of halogens is 1. The molecule has 1 aromatic rings. The largest absolute Gasteiger partial charge is 0.492 e. The summed E-state index contributed by atoms with van der Waals surface area (Å²) in [7, 11) is 1.84. The van der Waals surface area contributed by atoms with Crippen LogP contribution in [0.2, 0.25) is 0 Å². The second-order valence-corrected chi connectivity index (χ2v) is 3.20. The number of likely N-dealkylation sites (N-methyl/N-ethyl adjacent to an activating group) is 1. The van der Waals surface area contributed by atoms with E-state index in [1.807, 2.05) is 18.0 Å². The number of hydrogen-bond donors (Lipinski definition) is 0. The molecule has 0 saturated carbocycles. The zero-order valence-electron chi connectivity index (χ0n) is 8.61. The van der Waals surface area contributed by atoms with Crippen LogP contribution in [0.25, 0.3) is 0 Å². The molecule has 0 radical (unpaired) electrons. The number of nitriles is 1. The minimum atomic E-state index is -0.274. The zero-order valence-corrected chi connectivity index (χ0v) is 8.61. The third-order valence-electron chi connectivity index (χ3n) is 1.90. The molecule has 0 bridgehead atoms. The van der Waals surface area contributed by atoms with Gasteiger partial charge in [0.05, 0.1) is 12.6 Å². The number of rotatable bonds is 5. The van der Waals surface area contributed by atoms with Crippen LogP contribution in [0.15, 0.2) is 24.3 Å². The fourth-order valence-electron chi connectivity index (χ4n) is 1.05. The summed E-state index contributed by atoms with van der Waals surface area (Å²) in [5.41, 5.74) is 0. The molecule has 15 heavy (non-hydrogen) atoms. The Bertz CT molecular complexity index is 331. The fourth-order valence-corrected chi connectivity index (χ4v) is 1.05. The Morgan fingerprint density at radius 3 is 2.67 bits per heavy atom. The van der Waals surface area contributed by atoms with E-state index in [9.17, 15) is 4.39 Å². The van der Waals surface area contributed by atoms with Gasteiger partial charge in [-0.15, -0.1) is 0 Å². The van der Waals surface area contributed by atoms with E-state index >= 15 is 0 Å². The second kappa shape index (κ2) is 5.99. The van der Waals surface area contributed by atoms with Gasteiger partial charge in [0.1, 0.15) is 18.2 Å². The molecule has 0 amide bonds. The summed E-state index contributed by atoms with van der Waals surface area (Å²) in [5.74, 6) is 0.366. The lowest BCUT2D eigenvalue weighted by molar-refractivity contribution is 0.251. The van der Waals surface area contributed by atoms with Crippen molar-refractivity contribution in [1.82, 2.24) is 4.90 Å². The van der Waals surface area contributed by atoms with Gasteiger partial charge in [0.2, 0.25) is 0 Å². The van der Waals surface area contributed by atoms with Gasteiger partial charge in [-0.1, -0.05) is 0 Å². The molecule has 1 aromatic carbocycles. The predicted molar refractivity (Wildman–Crippen MR) is 55.0 cm³/mol. The van der Waals surface area contributed by atoms with Crippen molar-refractivity contribution >= 4 is 0 Å². The molecule has 0 aliphatic rings. The maximum absolute atomic E-state index is 12.5. The van der Waals surface area contributed by atoms with Gasteiger partial charge in [-0.05, 0) is 31.3 Å². The Balaban J connectivity index is 2.26. The topological polar surface area (TPSA) is 36.3 Å². The smallest absolute Gasteiger partial charge is 0.123 e. The molecule has 0 saturated heterocycles. The first kappa shape index (κ1) is 11.5. The van der Waals surface area contributed by atoms with Gasteiger partial charge in [0, 0.05) is 6.54 Å². The number of nitrogens with zero attached hydrogens (tertiary/aromatic N) is 2. The number of ether oxygens (including phenoxy) is 1. The molecule has 0 aliphatic carbocycles. The lowest BCUT2D eigenvalue weighted by atomic mass is 10.3. The van der Waals surface area contributed by atoms with E-state index in [1.165, 1.54) is 12.1 Å². The molecule has 4 heteroatoms. The highest BCUT2D eigenvalue weighted by Crippen LogP contribution is 2.10. The van der Waals surface area contributed by atoms with Crippen molar-refractivity contribution in [2.75, 3.05) is 26.7 Å². The minimum absolute atomic E-state index is 0.274. The maximum Gasteiger partial charge on any atom is 0.123 e. The molecular weight excluding hydrogens is 195 g/mol. The Morgan fingerprint density at radius 1 is 1.40 bits per heavy atom. The maximum atomic E-state index is 12.5. The lowest BCUT2D eigenvalue weighted by Gasteiger charge is -2.12. The highest BCUT2D eigenvalue weighted by atomic mass is 19.1. The summed E-state index contributed by atoms with van der Waals surface area (Å²) < 4.78 is 17.9. The van der Waals surface area contributed by atoms with E-state index < -0.39 is 0 Å². The molecule has 80 valence electrons. The van der Waals surface area contributed by atoms with Crippen molar-refractivity contribution in [1.29, 1.82) is 5.26 Å². The molecule has 0 aliphatic heterocycles. The standard InChI is InChI=1S/C11H13FN2O/c1-14(7-6-13)8-9-15-11-4-2-10(12)3-5-11/h2-5H,7-9H2,1H3. The van der Waals surface area contributed by atoms with E-state index in [1.54, 1.807) is 12.1 Å². The van der Waals surface area contributed by atoms with Gasteiger partial charge < -0.3 is 4.74 Å². The van der Waals surface area contributed by atoms with Crippen LogP contribution in [-0.4, -0.2) is 31.6 Å². The monoisotopic (exact) mass is 208 g/mol. The normalized spacial score (nSPS) is 10.0. The van der Waals surface area contributed by atoms with Crippen molar-refractivity contribution < 1.29 is 9.13 Å². The molecule has 0 N–H and O–H groups in total. The van der Waals surface area contributed by atoms with Gasteiger partial charge in [0.25, 0.3) is 0 Å². The van der Waals surface area contributed by atoms with Crippen LogP contribution in [0.5, 0.6) is 5.75 Å². The molecule has 0 aromatic heterocycles.